The molecule has 1 atom stereocenters. The van der Waals surface area contributed by atoms with E-state index in [-0.39, 0.29) is 0 Å². The number of hydrogen-bond acceptors (Lipinski definition) is 3. The number of nitrogens with zero attached hydrogens (tertiary/aromatic N) is 1. The second-order valence-electron chi connectivity index (χ2n) is 3.17. The van der Waals surface area contributed by atoms with Gasteiger partial charge in [0.25, 0.3) is 0 Å². The van der Waals surface area contributed by atoms with Crippen molar-refractivity contribution in [3.63, 3.8) is 0 Å². The minimum absolute atomic E-state index is 0.410. The molecule has 0 aliphatic carbocycles. The van der Waals surface area contributed by atoms with Crippen molar-refractivity contribution >= 4 is 23.3 Å². The van der Waals surface area contributed by atoms with Crippen LogP contribution < -0.4 is 0 Å². The first kappa shape index (κ1) is 10.9. The number of terminal acetylenes is 1. The van der Waals surface area contributed by atoms with E-state index < -0.39 is 11.4 Å². The summed E-state index contributed by atoms with van der Waals surface area (Å²) < 4.78 is 13.7. The smallest absolute Gasteiger partial charge is 0.190 e. The summed E-state index contributed by atoms with van der Waals surface area (Å²) >= 11 is 0.385. The molecule has 0 N–H and O–H groups in total. The lowest BCUT2D eigenvalue weighted by molar-refractivity contribution is 0.560. The predicted molar refractivity (Wildman–Crippen MR) is 63.6 cm³/mol. The van der Waals surface area contributed by atoms with Crippen LogP contribution in [0.3, 0.4) is 0 Å². The van der Waals surface area contributed by atoms with Gasteiger partial charge >= 0.3 is 0 Å². The van der Waals surface area contributed by atoms with Gasteiger partial charge in [-0.25, -0.2) is 0 Å². The first-order valence-electron chi connectivity index (χ1n) is 4.70. The molecule has 0 saturated carbocycles. The lowest BCUT2D eigenvalue weighted by Crippen LogP contribution is -2.19. The van der Waals surface area contributed by atoms with Crippen LogP contribution in [0.25, 0.3) is 0 Å². The molecule has 0 spiro atoms. The monoisotopic (exact) mass is 237 g/mol. The van der Waals surface area contributed by atoms with Crippen molar-refractivity contribution in [2.75, 3.05) is 6.54 Å². The third-order valence-electron chi connectivity index (χ3n) is 2.21. The van der Waals surface area contributed by atoms with Crippen molar-refractivity contribution in [2.24, 2.45) is 0 Å². The average molecular weight is 237 g/mol. The van der Waals surface area contributed by atoms with E-state index in [4.69, 9.17) is 6.42 Å². The predicted octanol–water partition coefficient (Wildman–Crippen LogP) is 2.23. The summed E-state index contributed by atoms with van der Waals surface area (Å²) in [5.41, 5.74) is 1.21. The largest absolute Gasteiger partial charge is 0.592 e. The Morgan fingerprint density at radius 1 is 1.60 bits per heavy atom. The van der Waals surface area contributed by atoms with Crippen molar-refractivity contribution in [3.05, 3.63) is 23.8 Å². The van der Waals surface area contributed by atoms with E-state index in [0.29, 0.717) is 6.54 Å². The molecule has 1 heterocycles. The van der Waals surface area contributed by atoms with Crippen molar-refractivity contribution in [3.8, 4) is 12.3 Å². The SMILES string of the molecule is C#CCN1Sc2ccc(CC)cc2[S+]1[O-]. The molecule has 15 heavy (non-hydrogen) atoms. The Morgan fingerprint density at radius 2 is 2.40 bits per heavy atom. The zero-order valence-corrected chi connectivity index (χ0v) is 10.0. The number of aryl methyl sites for hydroxylation is 1. The third kappa shape index (κ3) is 2.01. The molecular weight excluding hydrogens is 226 g/mol. The van der Waals surface area contributed by atoms with Gasteiger partial charge < -0.3 is 4.55 Å². The Hall–Kier alpha value is -0.600. The molecule has 1 aliphatic heterocycles. The molecule has 1 aromatic carbocycles. The fourth-order valence-electron chi connectivity index (χ4n) is 1.40. The van der Waals surface area contributed by atoms with Gasteiger partial charge in [0.1, 0.15) is 6.54 Å². The zero-order chi connectivity index (χ0) is 10.8. The van der Waals surface area contributed by atoms with E-state index in [9.17, 15) is 4.55 Å². The zero-order valence-electron chi connectivity index (χ0n) is 8.40. The van der Waals surface area contributed by atoms with E-state index in [1.807, 2.05) is 12.1 Å². The maximum Gasteiger partial charge on any atom is 0.190 e. The third-order valence-corrected chi connectivity index (χ3v) is 5.07. The highest BCUT2D eigenvalue weighted by molar-refractivity contribution is 8.11. The number of rotatable bonds is 2. The molecule has 0 saturated heterocycles. The fourth-order valence-corrected chi connectivity index (χ4v) is 4.02. The molecule has 0 aromatic heterocycles. The molecule has 0 amide bonds. The van der Waals surface area contributed by atoms with Crippen molar-refractivity contribution in [2.45, 2.75) is 23.1 Å². The van der Waals surface area contributed by atoms with Crippen LogP contribution >= 0.6 is 11.9 Å². The van der Waals surface area contributed by atoms with Crippen molar-refractivity contribution in [1.29, 1.82) is 0 Å². The average Bonchev–Trinajstić information content (AvgIpc) is 2.56. The molecule has 2 nitrogen and oxygen atoms in total. The van der Waals surface area contributed by atoms with Crippen LogP contribution in [0.4, 0.5) is 0 Å². The summed E-state index contributed by atoms with van der Waals surface area (Å²) in [4.78, 5) is 1.95. The fraction of sp³-hybridized carbons (Fsp3) is 0.273. The Morgan fingerprint density at radius 3 is 3.07 bits per heavy atom. The topological polar surface area (TPSA) is 26.3 Å². The number of fused-ring (bicyclic) bond motifs is 1. The maximum absolute atomic E-state index is 12.0. The molecule has 78 valence electrons. The van der Waals surface area contributed by atoms with Crippen LogP contribution in [0, 0.1) is 12.3 Å². The summed E-state index contributed by atoms with van der Waals surface area (Å²) in [6, 6.07) is 6.10. The Kier molecular flexibility index (Phi) is 3.27. The minimum atomic E-state index is -1.09. The summed E-state index contributed by atoms with van der Waals surface area (Å²) in [5.74, 6) is 2.52. The van der Waals surface area contributed by atoms with Gasteiger partial charge in [-0.15, -0.1) is 6.42 Å². The minimum Gasteiger partial charge on any atom is -0.592 e. The first-order chi connectivity index (χ1) is 7.26. The highest BCUT2D eigenvalue weighted by Crippen LogP contribution is 2.41. The molecular formula is C11H11NOS2. The molecule has 1 aromatic rings. The van der Waals surface area contributed by atoms with Gasteiger partial charge in [0.15, 0.2) is 4.90 Å². The Balaban J connectivity index is 2.30. The molecule has 0 fully saturated rings. The summed E-state index contributed by atoms with van der Waals surface area (Å²) in [6.45, 7) is 2.50. The maximum atomic E-state index is 12.0. The Bertz CT molecular complexity index is 414. The van der Waals surface area contributed by atoms with Crippen LogP contribution in [0.1, 0.15) is 12.5 Å². The lowest BCUT2D eigenvalue weighted by Gasteiger charge is -2.11. The van der Waals surface area contributed by atoms with E-state index in [2.05, 4.69) is 18.9 Å². The normalized spacial score (nSPS) is 19.9. The van der Waals surface area contributed by atoms with Crippen LogP contribution in [0.15, 0.2) is 28.0 Å². The second kappa shape index (κ2) is 4.50. The summed E-state index contributed by atoms with van der Waals surface area (Å²) in [7, 11) is 0. The summed E-state index contributed by atoms with van der Waals surface area (Å²) in [5, 5.41) is 0. The van der Waals surface area contributed by atoms with Crippen molar-refractivity contribution in [1.82, 2.24) is 3.71 Å². The van der Waals surface area contributed by atoms with Gasteiger partial charge in [-0.1, -0.05) is 18.9 Å². The van der Waals surface area contributed by atoms with Gasteiger partial charge in [0, 0.05) is 11.9 Å². The number of benzene rings is 1. The van der Waals surface area contributed by atoms with Gasteiger partial charge in [0.05, 0.1) is 16.3 Å². The second-order valence-corrected chi connectivity index (χ2v) is 5.84. The van der Waals surface area contributed by atoms with Crippen LogP contribution in [-0.2, 0) is 17.8 Å². The van der Waals surface area contributed by atoms with E-state index in [1.54, 1.807) is 3.71 Å². The van der Waals surface area contributed by atoms with Gasteiger partial charge in [0.2, 0.25) is 0 Å². The Labute approximate surface area is 97.5 Å². The van der Waals surface area contributed by atoms with Crippen LogP contribution in [-0.4, -0.2) is 14.8 Å². The number of hydrogen-bond donors (Lipinski definition) is 0. The van der Waals surface area contributed by atoms with E-state index in [1.165, 1.54) is 17.5 Å². The quantitative estimate of drug-likeness (QED) is 0.448. The van der Waals surface area contributed by atoms with E-state index >= 15 is 0 Å². The molecule has 0 radical (unpaired) electrons. The standard InChI is InChI=1S/C11H11NOS2/c1-3-7-12-14-10-6-5-9(4-2)8-11(10)15(12)13/h1,5-6,8H,4,7H2,2H3. The lowest BCUT2D eigenvalue weighted by atomic mass is 10.2. The highest BCUT2D eigenvalue weighted by Gasteiger charge is 2.34. The van der Waals surface area contributed by atoms with Crippen molar-refractivity contribution < 1.29 is 4.55 Å². The molecule has 1 aliphatic rings. The first-order valence-corrected chi connectivity index (χ1v) is 6.58. The van der Waals surface area contributed by atoms with E-state index in [0.717, 1.165) is 16.2 Å². The van der Waals surface area contributed by atoms with Gasteiger partial charge in [-0.05, 0) is 27.8 Å². The molecule has 0 bridgehead atoms. The van der Waals surface area contributed by atoms with Gasteiger partial charge in [-0.2, -0.15) is 0 Å². The van der Waals surface area contributed by atoms with Crippen LogP contribution in [0.5, 0.6) is 0 Å². The van der Waals surface area contributed by atoms with Crippen LogP contribution in [0.2, 0.25) is 0 Å². The van der Waals surface area contributed by atoms with Gasteiger partial charge in [-0.3, -0.25) is 0 Å². The molecule has 2 rings (SSSR count). The molecule has 1 unspecified atom stereocenters. The highest BCUT2D eigenvalue weighted by atomic mass is 32.3. The molecule has 4 heteroatoms. The summed E-state index contributed by atoms with van der Waals surface area (Å²) in [6.07, 6.45) is 6.18.